The molecule has 1 amide bonds. The van der Waals surface area contributed by atoms with E-state index < -0.39 is 18.0 Å². The number of hydrogen-bond donors (Lipinski definition) is 1. The zero-order valence-corrected chi connectivity index (χ0v) is 12.6. The fraction of sp³-hybridized carbons (Fsp3) is 0.867. The van der Waals surface area contributed by atoms with E-state index in [0.717, 1.165) is 32.3 Å². The zero-order valence-electron chi connectivity index (χ0n) is 12.6. The molecule has 21 heavy (non-hydrogen) atoms. The summed E-state index contributed by atoms with van der Waals surface area (Å²) in [5.74, 6) is -1.38. The quantitative estimate of drug-likeness (QED) is 0.827. The van der Waals surface area contributed by atoms with Gasteiger partial charge < -0.3 is 19.5 Å². The van der Waals surface area contributed by atoms with Crippen LogP contribution in [0.4, 0.5) is 0 Å². The van der Waals surface area contributed by atoms with E-state index in [0.29, 0.717) is 26.1 Å². The molecule has 2 heterocycles. The number of ether oxygens (including phenoxy) is 2. The number of rotatable bonds is 5. The standard InChI is InChI=1S/C15H25NO5/c1-11(21-10-13-6-2-3-8-20-13)14(17)16-7-4-5-12(9-16)15(18)19/h11-13H,2-10H2,1H3,(H,18,19)/t11-,12-,13+/m0/s1. The van der Waals surface area contributed by atoms with Crippen molar-refractivity contribution in [3.8, 4) is 0 Å². The number of nitrogens with zero attached hydrogens (tertiary/aromatic N) is 1. The molecule has 0 bridgehead atoms. The van der Waals surface area contributed by atoms with Crippen LogP contribution in [0.1, 0.15) is 39.0 Å². The Morgan fingerprint density at radius 3 is 2.81 bits per heavy atom. The van der Waals surface area contributed by atoms with Crippen LogP contribution in [0.2, 0.25) is 0 Å². The molecule has 120 valence electrons. The second-order valence-corrected chi connectivity index (χ2v) is 5.93. The highest BCUT2D eigenvalue weighted by atomic mass is 16.5. The molecule has 3 atom stereocenters. The number of carbonyl (C=O) groups is 2. The molecule has 0 aromatic heterocycles. The maximum atomic E-state index is 12.3. The van der Waals surface area contributed by atoms with Crippen LogP contribution in [-0.2, 0) is 19.1 Å². The first-order valence-electron chi connectivity index (χ1n) is 7.82. The molecule has 2 saturated heterocycles. The van der Waals surface area contributed by atoms with E-state index in [1.165, 1.54) is 0 Å². The second-order valence-electron chi connectivity index (χ2n) is 5.93. The van der Waals surface area contributed by atoms with Crippen molar-refractivity contribution in [2.75, 3.05) is 26.3 Å². The van der Waals surface area contributed by atoms with E-state index >= 15 is 0 Å². The van der Waals surface area contributed by atoms with Crippen LogP contribution >= 0.6 is 0 Å². The zero-order chi connectivity index (χ0) is 15.2. The Bertz CT molecular complexity index is 367. The van der Waals surface area contributed by atoms with Gasteiger partial charge in [0.15, 0.2) is 0 Å². The van der Waals surface area contributed by atoms with Crippen molar-refractivity contribution in [3.63, 3.8) is 0 Å². The van der Waals surface area contributed by atoms with Crippen LogP contribution in [0.15, 0.2) is 0 Å². The number of aliphatic carboxylic acids is 1. The summed E-state index contributed by atoms with van der Waals surface area (Å²) in [6.07, 6.45) is 4.14. The van der Waals surface area contributed by atoms with Crippen LogP contribution in [-0.4, -0.2) is 60.4 Å². The van der Waals surface area contributed by atoms with Crippen molar-refractivity contribution in [2.24, 2.45) is 5.92 Å². The molecule has 0 aromatic carbocycles. The highest BCUT2D eigenvalue weighted by Crippen LogP contribution is 2.18. The van der Waals surface area contributed by atoms with E-state index in [9.17, 15) is 9.59 Å². The summed E-state index contributed by atoms with van der Waals surface area (Å²) >= 11 is 0. The predicted octanol–water partition coefficient (Wildman–Crippen LogP) is 1.28. The summed E-state index contributed by atoms with van der Waals surface area (Å²) in [4.78, 5) is 25.0. The number of carboxylic acids is 1. The first-order chi connectivity index (χ1) is 10.1. The molecule has 6 nitrogen and oxygen atoms in total. The summed E-state index contributed by atoms with van der Waals surface area (Å²) in [5.41, 5.74) is 0. The lowest BCUT2D eigenvalue weighted by molar-refractivity contribution is -0.151. The molecule has 2 aliphatic rings. The van der Waals surface area contributed by atoms with E-state index in [1.54, 1.807) is 11.8 Å². The van der Waals surface area contributed by atoms with Gasteiger partial charge in [0.25, 0.3) is 5.91 Å². The molecule has 0 spiro atoms. The van der Waals surface area contributed by atoms with Gasteiger partial charge in [0.05, 0.1) is 18.6 Å². The van der Waals surface area contributed by atoms with Gasteiger partial charge in [-0.05, 0) is 39.0 Å². The maximum absolute atomic E-state index is 12.3. The van der Waals surface area contributed by atoms with Gasteiger partial charge in [0, 0.05) is 19.7 Å². The molecule has 1 N–H and O–H groups in total. The van der Waals surface area contributed by atoms with Gasteiger partial charge in [-0.3, -0.25) is 9.59 Å². The first kappa shape index (κ1) is 16.2. The Labute approximate surface area is 125 Å². The van der Waals surface area contributed by atoms with Crippen molar-refractivity contribution in [1.82, 2.24) is 4.90 Å². The summed E-state index contributed by atoms with van der Waals surface area (Å²) in [7, 11) is 0. The fourth-order valence-electron chi connectivity index (χ4n) is 2.90. The van der Waals surface area contributed by atoms with E-state index in [4.69, 9.17) is 14.6 Å². The van der Waals surface area contributed by atoms with Crippen molar-refractivity contribution < 1.29 is 24.2 Å². The van der Waals surface area contributed by atoms with Crippen molar-refractivity contribution in [2.45, 2.75) is 51.2 Å². The minimum absolute atomic E-state index is 0.0853. The summed E-state index contributed by atoms with van der Waals surface area (Å²) in [6.45, 7) is 3.85. The van der Waals surface area contributed by atoms with E-state index in [-0.39, 0.29) is 12.0 Å². The molecular formula is C15H25NO5. The maximum Gasteiger partial charge on any atom is 0.308 e. The first-order valence-corrected chi connectivity index (χ1v) is 7.82. The molecule has 2 rings (SSSR count). The van der Waals surface area contributed by atoms with Gasteiger partial charge in [-0.1, -0.05) is 0 Å². The largest absolute Gasteiger partial charge is 0.481 e. The number of piperidine rings is 1. The smallest absolute Gasteiger partial charge is 0.308 e. The van der Waals surface area contributed by atoms with Crippen LogP contribution < -0.4 is 0 Å². The topological polar surface area (TPSA) is 76.1 Å². The monoisotopic (exact) mass is 299 g/mol. The van der Waals surface area contributed by atoms with Gasteiger partial charge in [-0.25, -0.2) is 0 Å². The Morgan fingerprint density at radius 2 is 2.14 bits per heavy atom. The second kappa shape index (κ2) is 7.75. The molecule has 2 aliphatic heterocycles. The third-order valence-electron chi connectivity index (χ3n) is 4.24. The van der Waals surface area contributed by atoms with Crippen molar-refractivity contribution in [3.05, 3.63) is 0 Å². The predicted molar refractivity (Wildman–Crippen MR) is 75.9 cm³/mol. The normalized spacial score (nSPS) is 28.1. The van der Waals surface area contributed by atoms with Crippen molar-refractivity contribution >= 4 is 11.9 Å². The average molecular weight is 299 g/mol. The summed E-state index contributed by atoms with van der Waals surface area (Å²) in [6, 6.07) is 0. The Balaban J connectivity index is 1.76. The van der Waals surface area contributed by atoms with Gasteiger partial charge >= 0.3 is 5.97 Å². The lowest BCUT2D eigenvalue weighted by Gasteiger charge is -2.33. The molecule has 0 unspecified atom stereocenters. The lowest BCUT2D eigenvalue weighted by atomic mass is 9.98. The van der Waals surface area contributed by atoms with Gasteiger partial charge in [-0.2, -0.15) is 0 Å². The summed E-state index contributed by atoms with van der Waals surface area (Å²) < 4.78 is 11.2. The number of carboxylic acid groups (broad SMARTS) is 1. The molecule has 0 aliphatic carbocycles. The Morgan fingerprint density at radius 1 is 1.33 bits per heavy atom. The Kier molecular flexibility index (Phi) is 5.99. The van der Waals surface area contributed by atoms with Gasteiger partial charge in [-0.15, -0.1) is 0 Å². The van der Waals surface area contributed by atoms with Crippen LogP contribution in [0, 0.1) is 5.92 Å². The molecule has 6 heteroatoms. The minimum Gasteiger partial charge on any atom is -0.481 e. The van der Waals surface area contributed by atoms with E-state index in [1.807, 2.05) is 0 Å². The third kappa shape index (κ3) is 4.68. The highest BCUT2D eigenvalue weighted by Gasteiger charge is 2.30. The molecule has 0 aromatic rings. The molecule has 0 radical (unpaired) electrons. The van der Waals surface area contributed by atoms with Crippen LogP contribution in [0.3, 0.4) is 0 Å². The molecular weight excluding hydrogens is 274 g/mol. The highest BCUT2D eigenvalue weighted by molar-refractivity contribution is 5.81. The Hall–Kier alpha value is -1.14. The lowest BCUT2D eigenvalue weighted by Crippen LogP contribution is -2.47. The van der Waals surface area contributed by atoms with Crippen LogP contribution in [0.5, 0.6) is 0 Å². The number of hydrogen-bond acceptors (Lipinski definition) is 4. The summed E-state index contributed by atoms with van der Waals surface area (Å²) in [5, 5.41) is 9.06. The van der Waals surface area contributed by atoms with Crippen LogP contribution in [0.25, 0.3) is 0 Å². The number of likely N-dealkylation sites (tertiary alicyclic amines) is 1. The SMILES string of the molecule is C[C@H](OC[C@H]1CCCCO1)C(=O)N1CCC[C@H](C(=O)O)C1. The number of carbonyl (C=O) groups excluding carboxylic acids is 1. The fourth-order valence-corrected chi connectivity index (χ4v) is 2.90. The van der Waals surface area contributed by atoms with E-state index in [2.05, 4.69) is 0 Å². The third-order valence-corrected chi connectivity index (χ3v) is 4.24. The van der Waals surface area contributed by atoms with Crippen molar-refractivity contribution in [1.29, 1.82) is 0 Å². The van der Waals surface area contributed by atoms with Gasteiger partial charge in [0.2, 0.25) is 0 Å². The molecule has 0 saturated carbocycles. The molecule has 2 fully saturated rings. The minimum atomic E-state index is -0.823. The average Bonchev–Trinajstić information content (AvgIpc) is 2.53. The van der Waals surface area contributed by atoms with Gasteiger partial charge in [0.1, 0.15) is 6.10 Å². The number of amides is 1.